The first-order chi connectivity index (χ1) is 21.5. The molecule has 2 saturated carbocycles. The van der Waals surface area contributed by atoms with Crippen molar-refractivity contribution in [3.63, 3.8) is 0 Å². The van der Waals surface area contributed by atoms with Crippen LogP contribution in [0.2, 0.25) is 0 Å². The van der Waals surface area contributed by atoms with E-state index in [2.05, 4.69) is 5.32 Å². The van der Waals surface area contributed by atoms with Gasteiger partial charge in [0.05, 0.1) is 31.1 Å². The summed E-state index contributed by atoms with van der Waals surface area (Å²) in [6.07, 6.45) is 7.18. The SMILES string of the molecule is CC(C)(C)OC(=O)CC[C@@H](CO)NC(=O)C1=C[C@H]2OC(C3CC3)(C3CC3)O[C@H]2[C@H](OC(=O)c2ccccc2C=COCCO)C1. The minimum absolute atomic E-state index is 0.0356. The van der Waals surface area contributed by atoms with Crippen LogP contribution in [0.3, 0.4) is 0 Å². The third-order valence-electron chi connectivity index (χ3n) is 8.37. The molecule has 1 aromatic rings. The molecule has 0 bridgehead atoms. The van der Waals surface area contributed by atoms with Crippen molar-refractivity contribution in [3.8, 4) is 0 Å². The zero-order valence-electron chi connectivity index (χ0n) is 26.2. The van der Waals surface area contributed by atoms with Crippen LogP contribution < -0.4 is 5.32 Å². The molecule has 1 aliphatic heterocycles. The van der Waals surface area contributed by atoms with Crippen LogP contribution in [0.1, 0.15) is 81.6 Å². The largest absolute Gasteiger partial charge is 0.499 e. The molecule has 1 saturated heterocycles. The fourth-order valence-corrected chi connectivity index (χ4v) is 6.01. The number of fused-ring (bicyclic) bond motifs is 1. The van der Waals surface area contributed by atoms with Crippen molar-refractivity contribution in [2.24, 2.45) is 11.8 Å². The Morgan fingerprint density at radius 1 is 1.09 bits per heavy atom. The molecule has 0 radical (unpaired) electrons. The van der Waals surface area contributed by atoms with Crippen LogP contribution in [-0.2, 0) is 33.3 Å². The molecule has 4 aliphatic rings. The Balaban J connectivity index is 1.32. The molecule has 246 valence electrons. The average molecular weight is 628 g/mol. The lowest BCUT2D eigenvalue weighted by Crippen LogP contribution is -2.45. The van der Waals surface area contributed by atoms with Crippen molar-refractivity contribution >= 4 is 23.9 Å². The molecule has 1 heterocycles. The lowest BCUT2D eigenvalue weighted by Gasteiger charge is -2.31. The molecule has 1 amide bonds. The fraction of sp³-hybridized carbons (Fsp3) is 0.618. The molecule has 3 aliphatic carbocycles. The van der Waals surface area contributed by atoms with Crippen molar-refractivity contribution in [3.05, 3.63) is 53.3 Å². The molecular formula is C34H45NO10. The van der Waals surface area contributed by atoms with Gasteiger partial charge >= 0.3 is 11.9 Å². The van der Waals surface area contributed by atoms with E-state index in [1.54, 1.807) is 57.2 Å². The summed E-state index contributed by atoms with van der Waals surface area (Å²) in [7, 11) is 0. The van der Waals surface area contributed by atoms with E-state index in [4.69, 9.17) is 28.8 Å². The van der Waals surface area contributed by atoms with Gasteiger partial charge in [0.25, 0.3) is 0 Å². The van der Waals surface area contributed by atoms with Crippen molar-refractivity contribution in [2.45, 2.75) is 101 Å². The topological polar surface area (TPSA) is 150 Å². The van der Waals surface area contributed by atoms with Gasteiger partial charge < -0.3 is 39.2 Å². The molecule has 11 heteroatoms. The number of amides is 1. The zero-order chi connectivity index (χ0) is 32.2. The maximum Gasteiger partial charge on any atom is 0.339 e. The van der Waals surface area contributed by atoms with Gasteiger partial charge in [-0.1, -0.05) is 18.2 Å². The van der Waals surface area contributed by atoms with E-state index >= 15 is 0 Å². The van der Waals surface area contributed by atoms with Crippen LogP contribution in [0.15, 0.2) is 42.2 Å². The molecule has 0 unspecified atom stereocenters. The van der Waals surface area contributed by atoms with Gasteiger partial charge in [0.15, 0.2) is 5.79 Å². The smallest absolute Gasteiger partial charge is 0.339 e. The lowest BCUT2D eigenvalue weighted by molar-refractivity contribution is -0.209. The van der Waals surface area contributed by atoms with Gasteiger partial charge in [0.1, 0.15) is 30.5 Å². The molecule has 0 spiro atoms. The average Bonchev–Trinajstić information content (AvgIpc) is 3.94. The first-order valence-corrected chi connectivity index (χ1v) is 15.9. The number of aliphatic hydroxyl groups excluding tert-OH is 2. The molecule has 3 fully saturated rings. The van der Waals surface area contributed by atoms with E-state index in [1.807, 2.05) is 0 Å². The molecule has 4 atom stereocenters. The van der Waals surface area contributed by atoms with Crippen LogP contribution in [0.25, 0.3) is 6.08 Å². The van der Waals surface area contributed by atoms with Crippen molar-refractivity contribution in [2.75, 3.05) is 19.8 Å². The summed E-state index contributed by atoms with van der Waals surface area (Å²) in [5.41, 5.74) is 0.623. The number of benzene rings is 1. The van der Waals surface area contributed by atoms with Crippen LogP contribution in [-0.4, -0.2) is 83.6 Å². The number of nitrogens with one attached hydrogen (secondary N) is 1. The van der Waals surface area contributed by atoms with E-state index in [0.717, 1.165) is 25.7 Å². The summed E-state index contributed by atoms with van der Waals surface area (Å²) in [6, 6.07) is 6.26. The molecular weight excluding hydrogens is 582 g/mol. The Kier molecular flexibility index (Phi) is 10.3. The Bertz CT molecular complexity index is 1280. The monoisotopic (exact) mass is 627 g/mol. The molecule has 3 N–H and O–H groups in total. The second-order valence-corrected chi connectivity index (χ2v) is 13.2. The van der Waals surface area contributed by atoms with Crippen molar-refractivity contribution in [1.29, 1.82) is 0 Å². The summed E-state index contributed by atoms with van der Waals surface area (Å²) in [4.78, 5) is 39.3. The van der Waals surface area contributed by atoms with E-state index < -0.39 is 53.6 Å². The number of hydrogen-bond donors (Lipinski definition) is 3. The summed E-state index contributed by atoms with van der Waals surface area (Å²) in [5.74, 6) is -1.62. The molecule has 45 heavy (non-hydrogen) atoms. The molecule has 0 aromatic heterocycles. The van der Waals surface area contributed by atoms with E-state index in [-0.39, 0.29) is 50.9 Å². The summed E-state index contributed by atoms with van der Waals surface area (Å²) in [6.45, 7) is 4.98. The first-order valence-electron chi connectivity index (χ1n) is 15.9. The number of aliphatic hydroxyl groups is 2. The highest BCUT2D eigenvalue weighted by molar-refractivity contribution is 5.95. The van der Waals surface area contributed by atoms with Crippen LogP contribution in [0, 0.1) is 11.8 Å². The maximum atomic E-state index is 13.6. The highest BCUT2D eigenvalue weighted by Gasteiger charge is 2.64. The normalized spacial score (nSPS) is 24.8. The third kappa shape index (κ3) is 8.32. The predicted octanol–water partition coefficient (Wildman–Crippen LogP) is 3.42. The highest BCUT2D eigenvalue weighted by Crippen LogP contribution is 2.59. The zero-order valence-corrected chi connectivity index (χ0v) is 26.2. The van der Waals surface area contributed by atoms with Crippen molar-refractivity contribution < 1.29 is 48.3 Å². The van der Waals surface area contributed by atoms with E-state index in [1.165, 1.54) is 6.26 Å². The second-order valence-electron chi connectivity index (χ2n) is 13.2. The van der Waals surface area contributed by atoms with Crippen molar-refractivity contribution in [1.82, 2.24) is 5.32 Å². The number of hydrogen-bond acceptors (Lipinski definition) is 10. The predicted molar refractivity (Wildman–Crippen MR) is 162 cm³/mol. The minimum Gasteiger partial charge on any atom is -0.499 e. The Hall–Kier alpha value is -3.25. The Labute approximate surface area is 263 Å². The fourth-order valence-electron chi connectivity index (χ4n) is 6.01. The molecule has 5 rings (SSSR count). The van der Waals surface area contributed by atoms with Gasteiger partial charge in [-0.25, -0.2) is 4.79 Å². The molecule has 11 nitrogen and oxygen atoms in total. The molecule has 1 aromatic carbocycles. The van der Waals surface area contributed by atoms with Crippen LogP contribution >= 0.6 is 0 Å². The second kappa shape index (κ2) is 14.0. The van der Waals surface area contributed by atoms with Gasteiger partial charge in [-0.15, -0.1) is 0 Å². The number of esters is 2. The summed E-state index contributed by atoms with van der Waals surface area (Å²) >= 11 is 0. The number of ether oxygens (including phenoxy) is 5. The van der Waals surface area contributed by atoms with E-state index in [0.29, 0.717) is 16.7 Å². The number of carbonyl (C=O) groups excluding carboxylic acids is 3. The Morgan fingerprint density at radius 2 is 1.80 bits per heavy atom. The van der Waals surface area contributed by atoms with Gasteiger partial charge in [-0.2, -0.15) is 0 Å². The van der Waals surface area contributed by atoms with E-state index in [9.17, 15) is 19.5 Å². The van der Waals surface area contributed by atoms with Crippen LogP contribution in [0.4, 0.5) is 0 Å². The third-order valence-corrected chi connectivity index (χ3v) is 8.37. The van der Waals surface area contributed by atoms with Gasteiger partial charge in [0, 0.05) is 30.3 Å². The lowest BCUT2D eigenvalue weighted by atomic mass is 9.91. The number of rotatable bonds is 14. The van der Waals surface area contributed by atoms with Gasteiger partial charge in [-0.3, -0.25) is 9.59 Å². The van der Waals surface area contributed by atoms with Gasteiger partial charge in [0.2, 0.25) is 5.91 Å². The van der Waals surface area contributed by atoms with Crippen LogP contribution in [0.5, 0.6) is 0 Å². The summed E-state index contributed by atoms with van der Waals surface area (Å²) < 4.78 is 30.0. The first kappa shape index (κ1) is 33.1. The Morgan fingerprint density at radius 3 is 2.44 bits per heavy atom. The quantitative estimate of drug-likeness (QED) is 0.159. The number of carbonyl (C=O) groups is 3. The van der Waals surface area contributed by atoms with Gasteiger partial charge in [-0.05, 0) is 76.7 Å². The minimum atomic E-state index is -0.801. The highest BCUT2D eigenvalue weighted by atomic mass is 16.8. The maximum absolute atomic E-state index is 13.6. The standard InChI is InChI=1S/C34H45NO10/c1-33(2,3)44-29(38)13-12-25(20-37)35-31(39)22-18-27(30-28(19-22)43-34(45-30,23-8-9-23)24-10-11-24)42-32(40)26-7-5-4-6-21(26)14-16-41-17-15-36/h4-7,14,16,19,23-25,27-28,30,36-37H,8-13,15,17-18,20H2,1-3H3,(H,35,39)/t25-,27+,28+,30-/m0/s1. The summed E-state index contributed by atoms with van der Waals surface area (Å²) in [5, 5.41) is 21.8.